The number of anilines is 1. The van der Waals surface area contributed by atoms with Crippen molar-refractivity contribution in [2.75, 3.05) is 5.32 Å². The number of aromatic nitrogens is 1. The number of hydrogen-bond acceptors (Lipinski definition) is 5. The lowest BCUT2D eigenvalue weighted by atomic mass is 10.1. The first-order valence-corrected chi connectivity index (χ1v) is 11.5. The Hall–Kier alpha value is -3.45. The summed E-state index contributed by atoms with van der Waals surface area (Å²) in [6.45, 7) is 3.29. The summed E-state index contributed by atoms with van der Waals surface area (Å²) in [7, 11) is -3.32. The lowest BCUT2D eigenvalue weighted by Gasteiger charge is -2.09. The molecular formula is C24H22N2O4S. The van der Waals surface area contributed by atoms with Crippen molar-refractivity contribution >= 4 is 32.5 Å². The number of carbonyl (C=O) groups is 1. The number of rotatable bonds is 6. The predicted octanol–water partition coefficient (Wildman–Crippen LogP) is 4.86. The standard InChI is InChI=1S/C24H22N2O4S/c1-16(2)31(28,29)20-13-7-17(8-14-20)15-23(27)25-19-11-9-18(10-12-19)24-26-21-5-3-4-6-22(21)30-24/h3-14,16H,15H2,1-2H3,(H,25,27). The molecule has 31 heavy (non-hydrogen) atoms. The van der Waals surface area contributed by atoms with Crippen LogP contribution in [0.25, 0.3) is 22.6 Å². The fourth-order valence-electron chi connectivity index (χ4n) is 3.15. The molecule has 0 atom stereocenters. The molecule has 0 bridgehead atoms. The van der Waals surface area contributed by atoms with Crippen LogP contribution in [0, 0.1) is 0 Å². The van der Waals surface area contributed by atoms with E-state index in [4.69, 9.17) is 4.42 Å². The highest BCUT2D eigenvalue weighted by molar-refractivity contribution is 7.92. The van der Waals surface area contributed by atoms with E-state index in [2.05, 4.69) is 10.3 Å². The first kappa shape index (κ1) is 20.8. The van der Waals surface area contributed by atoms with Gasteiger partial charge in [0.2, 0.25) is 11.8 Å². The van der Waals surface area contributed by atoms with Crippen molar-refractivity contribution in [2.24, 2.45) is 0 Å². The fourth-order valence-corrected chi connectivity index (χ4v) is 4.21. The van der Waals surface area contributed by atoms with E-state index in [-0.39, 0.29) is 17.2 Å². The maximum atomic E-state index is 12.4. The average molecular weight is 435 g/mol. The zero-order valence-corrected chi connectivity index (χ0v) is 18.0. The second-order valence-corrected chi connectivity index (χ2v) is 10.0. The molecule has 1 aromatic heterocycles. The molecule has 3 aromatic carbocycles. The van der Waals surface area contributed by atoms with Crippen molar-refractivity contribution in [3.8, 4) is 11.5 Å². The molecule has 0 saturated carbocycles. The molecule has 1 N–H and O–H groups in total. The Morgan fingerprint density at radius 2 is 1.65 bits per heavy atom. The Kier molecular flexibility index (Phi) is 5.61. The summed E-state index contributed by atoms with van der Waals surface area (Å²) in [4.78, 5) is 17.1. The topological polar surface area (TPSA) is 89.3 Å². The smallest absolute Gasteiger partial charge is 0.228 e. The Morgan fingerprint density at radius 3 is 2.29 bits per heavy atom. The molecule has 158 valence electrons. The van der Waals surface area contributed by atoms with Crippen molar-refractivity contribution in [3.63, 3.8) is 0 Å². The molecule has 0 radical (unpaired) electrons. The quantitative estimate of drug-likeness (QED) is 0.468. The number of amides is 1. The van der Waals surface area contributed by atoms with Crippen molar-refractivity contribution in [1.29, 1.82) is 0 Å². The van der Waals surface area contributed by atoms with E-state index >= 15 is 0 Å². The Bertz CT molecular complexity index is 1290. The Labute approximate surface area is 180 Å². The maximum Gasteiger partial charge on any atom is 0.228 e. The van der Waals surface area contributed by atoms with E-state index in [1.165, 1.54) is 0 Å². The maximum absolute atomic E-state index is 12.4. The van der Waals surface area contributed by atoms with Crippen molar-refractivity contribution < 1.29 is 17.6 Å². The van der Waals surface area contributed by atoms with Crippen molar-refractivity contribution in [1.82, 2.24) is 4.98 Å². The van der Waals surface area contributed by atoms with Crippen LogP contribution in [0.4, 0.5) is 5.69 Å². The molecular weight excluding hydrogens is 412 g/mol. The summed E-state index contributed by atoms with van der Waals surface area (Å²) < 4.78 is 30.2. The van der Waals surface area contributed by atoms with Gasteiger partial charge in [-0.3, -0.25) is 4.79 Å². The van der Waals surface area contributed by atoms with Crippen LogP contribution in [0.5, 0.6) is 0 Å². The molecule has 4 rings (SSSR count). The molecule has 4 aromatic rings. The number of benzene rings is 3. The van der Waals surface area contributed by atoms with Gasteiger partial charge in [-0.05, 0) is 67.9 Å². The van der Waals surface area contributed by atoms with E-state index in [9.17, 15) is 13.2 Å². The summed E-state index contributed by atoms with van der Waals surface area (Å²) in [5.41, 5.74) is 3.73. The summed E-state index contributed by atoms with van der Waals surface area (Å²) in [6, 6.07) is 21.3. The summed E-state index contributed by atoms with van der Waals surface area (Å²) in [5, 5.41) is 2.36. The number of nitrogens with one attached hydrogen (secondary N) is 1. The highest BCUT2D eigenvalue weighted by atomic mass is 32.2. The van der Waals surface area contributed by atoms with Crippen LogP contribution in [0.2, 0.25) is 0 Å². The minimum atomic E-state index is -3.32. The minimum absolute atomic E-state index is 0.148. The molecule has 0 aliphatic heterocycles. The van der Waals surface area contributed by atoms with Gasteiger partial charge in [0.1, 0.15) is 5.52 Å². The Morgan fingerprint density at radius 1 is 0.968 bits per heavy atom. The minimum Gasteiger partial charge on any atom is -0.436 e. The van der Waals surface area contributed by atoms with Gasteiger partial charge in [-0.15, -0.1) is 0 Å². The normalized spacial score (nSPS) is 11.7. The molecule has 0 aliphatic rings. The van der Waals surface area contributed by atoms with Gasteiger partial charge in [0.15, 0.2) is 15.4 Å². The molecule has 1 heterocycles. The number of para-hydroxylation sites is 2. The average Bonchev–Trinajstić information content (AvgIpc) is 3.19. The summed E-state index contributed by atoms with van der Waals surface area (Å²) in [6.07, 6.45) is 0.148. The number of carbonyl (C=O) groups excluding carboxylic acids is 1. The largest absolute Gasteiger partial charge is 0.436 e. The molecule has 0 saturated heterocycles. The van der Waals surface area contributed by atoms with Gasteiger partial charge >= 0.3 is 0 Å². The molecule has 0 spiro atoms. The molecule has 0 fully saturated rings. The predicted molar refractivity (Wildman–Crippen MR) is 121 cm³/mol. The number of oxazole rings is 1. The van der Waals surface area contributed by atoms with E-state index in [0.717, 1.165) is 22.2 Å². The van der Waals surface area contributed by atoms with Crippen LogP contribution in [0.1, 0.15) is 19.4 Å². The lowest BCUT2D eigenvalue weighted by molar-refractivity contribution is -0.115. The summed E-state index contributed by atoms with van der Waals surface area (Å²) in [5.74, 6) is 0.338. The van der Waals surface area contributed by atoms with Crippen molar-refractivity contribution in [3.05, 3.63) is 78.4 Å². The Balaban J connectivity index is 1.41. The third-order valence-electron chi connectivity index (χ3n) is 4.95. The monoisotopic (exact) mass is 434 g/mol. The van der Waals surface area contributed by atoms with Crippen LogP contribution < -0.4 is 5.32 Å². The number of nitrogens with zero attached hydrogens (tertiary/aromatic N) is 1. The first-order chi connectivity index (χ1) is 14.8. The van der Waals surface area contributed by atoms with E-state index in [1.54, 1.807) is 50.2 Å². The first-order valence-electron chi connectivity index (χ1n) is 9.91. The lowest BCUT2D eigenvalue weighted by Crippen LogP contribution is -2.15. The molecule has 0 unspecified atom stereocenters. The molecule has 6 nitrogen and oxygen atoms in total. The van der Waals surface area contributed by atoms with Crippen molar-refractivity contribution in [2.45, 2.75) is 30.4 Å². The van der Waals surface area contributed by atoms with Crippen LogP contribution in [-0.4, -0.2) is 24.6 Å². The third-order valence-corrected chi connectivity index (χ3v) is 7.12. The van der Waals surface area contributed by atoms with Gasteiger partial charge in [0.25, 0.3) is 0 Å². The van der Waals surface area contributed by atoms with E-state index in [0.29, 0.717) is 11.6 Å². The van der Waals surface area contributed by atoms with Gasteiger partial charge in [-0.2, -0.15) is 0 Å². The van der Waals surface area contributed by atoms with Gasteiger partial charge < -0.3 is 9.73 Å². The zero-order valence-electron chi connectivity index (χ0n) is 17.2. The van der Waals surface area contributed by atoms with Crippen LogP contribution in [-0.2, 0) is 21.1 Å². The van der Waals surface area contributed by atoms with E-state index < -0.39 is 15.1 Å². The highest BCUT2D eigenvalue weighted by Gasteiger charge is 2.19. The number of sulfone groups is 1. The molecule has 0 aliphatic carbocycles. The molecule has 1 amide bonds. The number of hydrogen-bond donors (Lipinski definition) is 1. The van der Waals surface area contributed by atoms with Gasteiger partial charge in [-0.25, -0.2) is 13.4 Å². The highest BCUT2D eigenvalue weighted by Crippen LogP contribution is 2.25. The van der Waals surface area contributed by atoms with E-state index in [1.807, 2.05) is 36.4 Å². The van der Waals surface area contributed by atoms with Gasteiger partial charge in [0, 0.05) is 11.3 Å². The second kappa shape index (κ2) is 8.35. The zero-order chi connectivity index (χ0) is 22.0. The van der Waals surface area contributed by atoms with Crippen LogP contribution in [0.3, 0.4) is 0 Å². The SMILES string of the molecule is CC(C)S(=O)(=O)c1ccc(CC(=O)Nc2ccc(-c3nc4ccccc4o3)cc2)cc1. The van der Waals surface area contributed by atoms with Gasteiger partial charge in [-0.1, -0.05) is 24.3 Å². The molecule has 7 heteroatoms. The van der Waals surface area contributed by atoms with Crippen LogP contribution >= 0.6 is 0 Å². The number of fused-ring (bicyclic) bond motifs is 1. The van der Waals surface area contributed by atoms with Gasteiger partial charge in [0.05, 0.1) is 16.6 Å². The third kappa shape index (κ3) is 4.51. The second-order valence-electron chi connectivity index (χ2n) is 7.53. The summed E-state index contributed by atoms with van der Waals surface area (Å²) >= 11 is 0. The fraction of sp³-hybridized carbons (Fsp3) is 0.167. The van der Waals surface area contributed by atoms with Crippen LogP contribution in [0.15, 0.2) is 82.1 Å².